The molecule has 0 aliphatic carbocycles. The van der Waals surface area contributed by atoms with Crippen molar-refractivity contribution in [1.82, 2.24) is 4.90 Å². The molecule has 0 aromatic rings. The van der Waals surface area contributed by atoms with Crippen molar-refractivity contribution in [3.8, 4) is 0 Å². The Labute approximate surface area is 124 Å². The number of rotatable bonds is 6. The Kier molecular flexibility index (Phi) is 11.5. The topological polar surface area (TPSA) is 71.1 Å². The quantitative estimate of drug-likeness (QED) is 0.304. The van der Waals surface area contributed by atoms with Gasteiger partial charge >= 0.3 is 0 Å². The lowest BCUT2D eigenvalue weighted by molar-refractivity contribution is 0.0918. The zero-order chi connectivity index (χ0) is 11.6. The number of halogens is 1. The number of hydrogen-bond donors (Lipinski definition) is 2. The Morgan fingerprint density at radius 3 is 2.71 bits per heavy atom. The molecule has 0 spiro atoms. The van der Waals surface area contributed by atoms with Crippen LogP contribution in [0.1, 0.15) is 6.42 Å². The number of thioether (sulfide) groups is 1. The van der Waals surface area contributed by atoms with Crippen molar-refractivity contribution in [2.75, 3.05) is 51.0 Å². The lowest BCUT2D eigenvalue weighted by atomic mass is 10.4. The zero-order valence-corrected chi connectivity index (χ0v) is 13.2. The van der Waals surface area contributed by atoms with Crippen molar-refractivity contribution in [2.24, 2.45) is 10.7 Å². The summed E-state index contributed by atoms with van der Waals surface area (Å²) >= 11 is 1.96. The molecule has 1 fully saturated rings. The van der Waals surface area contributed by atoms with E-state index >= 15 is 0 Å². The molecule has 0 saturated carbocycles. The summed E-state index contributed by atoms with van der Waals surface area (Å²) in [5, 5.41) is 8.50. The van der Waals surface area contributed by atoms with Crippen molar-refractivity contribution in [3.63, 3.8) is 0 Å². The standard InChI is InChI=1S/C10H21N3O2S.HI/c11-10(13-3-8-16-9-4-13)12-2-1-6-15-7-5-14;/h14H,1-9H2,(H2,11,12);1H. The summed E-state index contributed by atoms with van der Waals surface area (Å²) in [4.78, 5) is 6.44. The Morgan fingerprint density at radius 2 is 2.06 bits per heavy atom. The third-order valence-corrected chi connectivity index (χ3v) is 3.23. The minimum atomic E-state index is 0. The van der Waals surface area contributed by atoms with E-state index in [1.807, 2.05) is 11.8 Å². The molecule has 1 heterocycles. The van der Waals surface area contributed by atoms with Gasteiger partial charge in [0.1, 0.15) is 0 Å². The number of ether oxygens (including phenoxy) is 1. The van der Waals surface area contributed by atoms with E-state index in [-0.39, 0.29) is 30.6 Å². The first-order chi connectivity index (χ1) is 7.84. The van der Waals surface area contributed by atoms with E-state index < -0.39 is 0 Å². The maximum absolute atomic E-state index is 8.50. The van der Waals surface area contributed by atoms with Crippen molar-refractivity contribution in [1.29, 1.82) is 0 Å². The second-order valence-corrected chi connectivity index (χ2v) is 4.75. The van der Waals surface area contributed by atoms with Crippen molar-refractivity contribution in [3.05, 3.63) is 0 Å². The predicted molar refractivity (Wildman–Crippen MR) is 83.3 cm³/mol. The van der Waals surface area contributed by atoms with Gasteiger partial charge in [-0.05, 0) is 6.42 Å². The summed E-state index contributed by atoms with van der Waals surface area (Å²) in [5.41, 5.74) is 5.88. The molecule has 0 unspecified atom stereocenters. The van der Waals surface area contributed by atoms with Crippen LogP contribution in [0.2, 0.25) is 0 Å². The van der Waals surface area contributed by atoms with Gasteiger partial charge < -0.3 is 20.5 Å². The number of nitrogens with two attached hydrogens (primary N) is 1. The highest BCUT2D eigenvalue weighted by atomic mass is 127. The van der Waals surface area contributed by atoms with Crippen LogP contribution >= 0.6 is 35.7 Å². The number of aliphatic hydroxyl groups excluding tert-OH is 1. The van der Waals surface area contributed by atoms with E-state index in [1.54, 1.807) is 0 Å². The van der Waals surface area contributed by atoms with Gasteiger partial charge in [0, 0.05) is 37.7 Å². The van der Waals surface area contributed by atoms with Crippen molar-refractivity contribution < 1.29 is 9.84 Å². The van der Waals surface area contributed by atoms with Gasteiger partial charge in [0.05, 0.1) is 13.2 Å². The van der Waals surface area contributed by atoms with Gasteiger partial charge in [0.15, 0.2) is 5.96 Å². The second kappa shape index (κ2) is 11.4. The molecule has 1 aliphatic rings. The average Bonchev–Trinajstić information content (AvgIpc) is 2.34. The summed E-state index contributed by atoms with van der Waals surface area (Å²) in [7, 11) is 0. The predicted octanol–water partition coefficient (Wildman–Crippen LogP) is 0.367. The highest BCUT2D eigenvalue weighted by Gasteiger charge is 2.11. The number of aliphatic imine (C=N–C) groups is 1. The van der Waals surface area contributed by atoms with Crippen molar-refractivity contribution in [2.45, 2.75) is 6.42 Å². The average molecular weight is 375 g/mol. The smallest absolute Gasteiger partial charge is 0.191 e. The molecule has 1 aliphatic heterocycles. The molecule has 7 heteroatoms. The van der Waals surface area contributed by atoms with E-state index in [2.05, 4.69) is 9.89 Å². The molecule has 0 aromatic heterocycles. The molecule has 0 amide bonds. The third-order valence-electron chi connectivity index (χ3n) is 2.29. The SMILES string of the molecule is I.NC(=NCCCOCCO)N1CCSCC1. The fraction of sp³-hybridized carbons (Fsp3) is 0.900. The zero-order valence-electron chi connectivity index (χ0n) is 10.0. The first-order valence-corrected chi connectivity index (χ1v) is 6.81. The van der Waals surface area contributed by atoms with E-state index in [0.717, 1.165) is 31.0 Å². The van der Waals surface area contributed by atoms with Gasteiger partial charge in [-0.2, -0.15) is 11.8 Å². The molecular formula is C10H22IN3O2S. The monoisotopic (exact) mass is 375 g/mol. The molecule has 3 N–H and O–H groups in total. The van der Waals surface area contributed by atoms with E-state index in [9.17, 15) is 0 Å². The molecule has 5 nitrogen and oxygen atoms in total. The highest BCUT2D eigenvalue weighted by Crippen LogP contribution is 2.08. The summed E-state index contributed by atoms with van der Waals surface area (Å²) in [6.45, 7) is 3.81. The molecule has 102 valence electrons. The van der Waals surface area contributed by atoms with Crippen LogP contribution in [0.3, 0.4) is 0 Å². The number of guanidine groups is 1. The molecule has 0 aromatic carbocycles. The minimum Gasteiger partial charge on any atom is -0.394 e. The van der Waals surface area contributed by atoms with Gasteiger partial charge in [-0.25, -0.2) is 0 Å². The molecule has 0 atom stereocenters. The van der Waals surface area contributed by atoms with Crippen LogP contribution in [0, 0.1) is 0 Å². The van der Waals surface area contributed by atoms with Crippen LogP contribution in [0.4, 0.5) is 0 Å². The first kappa shape index (κ1) is 17.3. The van der Waals surface area contributed by atoms with E-state index in [4.69, 9.17) is 15.6 Å². The van der Waals surface area contributed by atoms with Crippen LogP contribution < -0.4 is 5.73 Å². The normalized spacial score (nSPS) is 16.8. The molecule has 1 saturated heterocycles. The molecule has 17 heavy (non-hydrogen) atoms. The van der Waals surface area contributed by atoms with E-state index in [1.165, 1.54) is 0 Å². The van der Waals surface area contributed by atoms with Crippen LogP contribution in [0.5, 0.6) is 0 Å². The van der Waals surface area contributed by atoms with Crippen molar-refractivity contribution >= 4 is 41.7 Å². The molecule has 0 radical (unpaired) electrons. The number of hydrogen-bond acceptors (Lipinski definition) is 4. The first-order valence-electron chi connectivity index (χ1n) is 5.66. The fourth-order valence-corrected chi connectivity index (χ4v) is 2.32. The minimum absolute atomic E-state index is 0. The lowest BCUT2D eigenvalue weighted by Gasteiger charge is -2.27. The van der Waals surface area contributed by atoms with Gasteiger partial charge in [0.2, 0.25) is 0 Å². The van der Waals surface area contributed by atoms with Gasteiger partial charge in [-0.3, -0.25) is 4.99 Å². The van der Waals surface area contributed by atoms with Gasteiger partial charge in [0.25, 0.3) is 0 Å². The maximum atomic E-state index is 8.50. The highest BCUT2D eigenvalue weighted by molar-refractivity contribution is 14.0. The fourth-order valence-electron chi connectivity index (χ4n) is 1.42. The largest absolute Gasteiger partial charge is 0.394 e. The van der Waals surface area contributed by atoms with Gasteiger partial charge in [-0.1, -0.05) is 0 Å². The van der Waals surface area contributed by atoms with E-state index in [0.29, 0.717) is 25.7 Å². The molecule has 0 bridgehead atoms. The van der Waals surface area contributed by atoms with Crippen LogP contribution in [0.25, 0.3) is 0 Å². The lowest BCUT2D eigenvalue weighted by Crippen LogP contribution is -2.42. The summed E-state index contributed by atoms with van der Waals surface area (Å²) in [5.74, 6) is 2.92. The number of nitrogens with zero attached hydrogens (tertiary/aromatic N) is 2. The number of aliphatic hydroxyl groups is 1. The van der Waals surface area contributed by atoms with Gasteiger partial charge in [-0.15, -0.1) is 24.0 Å². The Hall–Kier alpha value is 0.270. The summed E-state index contributed by atoms with van der Waals surface area (Å²) < 4.78 is 5.13. The van der Waals surface area contributed by atoms with Crippen LogP contribution in [0.15, 0.2) is 4.99 Å². The Balaban J connectivity index is 0.00000256. The van der Waals surface area contributed by atoms with Crippen LogP contribution in [-0.4, -0.2) is 66.9 Å². The maximum Gasteiger partial charge on any atom is 0.191 e. The Morgan fingerprint density at radius 1 is 1.35 bits per heavy atom. The molecular weight excluding hydrogens is 353 g/mol. The van der Waals surface area contributed by atoms with Crippen LogP contribution in [-0.2, 0) is 4.74 Å². The summed E-state index contributed by atoms with van der Waals surface area (Å²) in [6.07, 6.45) is 0.850. The Bertz CT molecular complexity index is 214. The second-order valence-electron chi connectivity index (χ2n) is 3.53. The molecule has 1 rings (SSSR count). The summed E-state index contributed by atoms with van der Waals surface area (Å²) in [6, 6.07) is 0. The third kappa shape index (κ3) is 8.06.